The topological polar surface area (TPSA) is 80.2 Å². The second kappa shape index (κ2) is 7.76. The summed E-state index contributed by atoms with van der Waals surface area (Å²) in [7, 11) is -3.03. The Morgan fingerprint density at radius 1 is 1.22 bits per heavy atom. The summed E-state index contributed by atoms with van der Waals surface area (Å²) in [4.78, 5) is 14.6. The number of rotatable bonds is 4. The molecule has 1 unspecified atom stereocenters. The number of benzene rings is 1. The van der Waals surface area contributed by atoms with Crippen LogP contribution >= 0.6 is 0 Å². The van der Waals surface area contributed by atoms with Gasteiger partial charge in [0.1, 0.15) is 9.84 Å². The number of piperidine rings is 1. The maximum atomic E-state index is 12.8. The van der Waals surface area contributed by atoms with Crippen LogP contribution in [0, 0.1) is 19.8 Å². The summed E-state index contributed by atoms with van der Waals surface area (Å²) >= 11 is 0. The molecule has 6 nitrogen and oxygen atoms in total. The molecule has 1 aliphatic heterocycles. The van der Waals surface area contributed by atoms with Crippen LogP contribution in [0.2, 0.25) is 0 Å². The minimum Gasteiger partial charge on any atom is -0.338 e. The molecule has 3 rings (SSSR count). The molecule has 1 amide bonds. The highest BCUT2D eigenvalue weighted by atomic mass is 32.2. The molecule has 1 atom stereocenters. The predicted octanol–water partition coefficient (Wildman–Crippen LogP) is 2.66. The largest absolute Gasteiger partial charge is 0.338 e. The third-order valence-corrected chi connectivity index (χ3v) is 6.18. The van der Waals surface area contributed by atoms with Crippen LogP contribution in [0.4, 0.5) is 0 Å². The van der Waals surface area contributed by atoms with Gasteiger partial charge in [-0.3, -0.25) is 4.79 Å². The summed E-state index contributed by atoms with van der Waals surface area (Å²) < 4.78 is 23.1. The van der Waals surface area contributed by atoms with Crippen LogP contribution in [0.5, 0.6) is 0 Å². The van der Waals surface area contributed by atoms with E-state index in [2.05, 4.69) is 10.2 Å². The van der Waals surface area contributed by atoms with Gasteiger partial charge in [0.25, 0.3) is 5.91 Å². The first kappa shape index (κ1) is 19.5. The Labute approximate surface area is 160 Å². The molecule has 1 fully saturated rings. The van der Waals surface area contributed by atoms with Crippen molar-refractivity contribution >= 4 is 15.7 Å². The lowest BCUT2D eigenvalue weighted by molar-refractivity contribution is 0.0684. The van der Waals surface area contributed by atoms with Crippen LogP contribution in [-0.4, -0.2) is 54.5 Å². The first-order valence-corrected chi connectivity index (χ1v) is 11.2. The zero-order chi connectivity index (χ0) is 19.6. The van der Waals surface area contributed by atoms with Crippen molar-refractivity contribution in [1.82, 2.24) is 15.1 Å². The highest BCUT2D eigenvalue weighted by Crippen LogP contribution is 2.24. The molecule has 27 heavy (non-hydrogen) atoms. The average Bonchev–Trinajstić information content (AvgIpc) is 2.62. The lowest BCUT2D eigenvalue weighted by Gasteiger charge is -2.32. The normalized spacial score (nSPS) is 17.7. The van der Waals surface area contributed by atoms with Crippen molar-refractivity contribution in [3.63, 3.8) is 0 Å². The molecule has 1 aliphatic rings. The van der Waals surface area contributed by atoms with Crippen LogP contribution in [0.15, 0.2) is 30.5 Å². The number of sulfone groups is 1. The van der Waals surface area contributed by atoms with Crippen molar-refractivity contribution in [3.05, 3.63) is 47.2 Å². The van der Waals surface area contributed by atoms with Gasteiger partial charge < -0.3 is 4.90 Å². The van der Waals surface area contributed by atoms with Crippen LogP contribution in [0.25, 0.3) is 11.3 Å². The first-order chi connectivity index (χ1) is 12.7. The van der Waals surface area contributed by atoms with Crippen molar-refractivity contribution in [2.45, 2.75) is 26.7 Å². The number of hydrogen-bond acceptors (Lipinski definition) is 5. The molecule has 0 saturated carbocycles. The Morgan fingerprint density at radius 2 is 1.93 bits per heavy atom. The van der Waals surface area contributed by atoms with Crippen molar-refractivity contribution in [3.8, 4) is 11.3 Å². The fourth-order valence-electron chi connectivity index (χ4n) is 3.57. The fraction of sp³-hybridized carbons (Fsp3) is 0.450. The third kappa shape index (κ3) is 4.71. The first-order valence-electron chi connectivity index (χ1n) is 9.11. The van der Waals surface area contributed by atoms with Gasteiger partial charge in [0.15, 0.2) is 0 Å². The zero-order valence-electron chi connectivity index (χ0n) is 16.0. The van der Waals surface area contributed by atoms with Gasteiger partial charge >= 0.3 is 0 Å². The van der Waals surface area contributed by atoms with E-state index in [0.29, 0.717) is 18.7 Å². The van der Waals surface area contributed by atoms with Crippen molar-refractivity contribution in [2.75, 3.05) is 25.1 Å². The number of hydrogen-bond donors (Lipinski definition) is 0. The molecule has 1 aromatic heterocycles. The maximum absolute atomic E-state index is 12.8. The van der Waals surface area contributed by atoms with Gasteiger partial charge in [0, 0.05) is 30.5 Å². The van der Waals surface area contributed by atoms with E-state index in [1.54, 1.807) is 23.2 Å². The Hall–Kier alpha value is -2.28. The number of aromatic nitrogens is 2. The summed E-state index contributed by atoms with van der Waals surface area (Å²) in [6.07, 6.45) is 4.67. The van der Waals surface area contributed by atoms with Crippen LogP contribution in [-0.2, 0) is 9.84 Å². The van der Waals surface area contributed by atoms with E-state index in [4.69, 9.17) is 0 Å². The quantitative estimate of drug-likeness (QED) is 0.806. The van der Waals surface area contributed by atoms with E-state index in [0.717, 1.165) is 35.2 Å². The zero-order valence-corrected chi connectivity index (χ0v) is 16.8. The smallest absolute Gasteiger partial charge is 0.253 e. The standard InChI is InChI=1S/C20H25N3O3S/c1-14-11-21-22-19(15(14)2)17-6-8-18(9-7-17)20(24)23-10-4-5-16(12-23)13-27(3,25)26/h6-9,11,16H,4-5,10,12-13H2,1-3H3. The molecule has 0 aliphatic carbocycles. The fourth-order valence-corrected chi connectivity index (χ4v) is 4.70. The van der Waals surface area contributed by atoms with Gasteiger partial charge in [-0.15, -0.1) is 0 Å². The van der Waals surface area contributed by atoms with E-state index in [9.17, 15) is 13.2 Å². The van der Waals surface area contributed by atoms with E-state index >= 15 is 0 Å². The molecule has 1 aromatic carbocycles. The number of carbonyl (C=O) groups is 1. The highest BCUT2D eigenvalue weighted by molar-refractivity contribution is 7.90. The SMILES string of the molecule is Cc1cnnc(-c2ccc(C(=O)N3CCCC(CS(C)(=O)=O)C3)cc2)c1C. The number of carbonyl (C=O) groups excluding carboxylic acids is 1. The van der Waals surface area contributed by atoms with Crippen LogP contribution in [0.1, 0.15) is 34.3 Å². The number of amides is 1. The van der Waals surface area contributed by atoms with Gasteiger partial charge in [-0.2, -0.15) is 10.2 Å². The van der Waals surface area contributed by atoms with Gasteiger partial charge in [0.05, 0.1) is 17.6 Å². The molecule has 0 radical (unpaired) electrons. The molecule has 0 N–H and O–H groups in total. The van der Waals surface area contributed by atoms with E-state index in [-0.39, 0.29) is 17.6 Å². The average molecular weight is 388 g/mol. The number of likely N-dealkylation sites (tertiary alicyclic amines) is 1. The molecule has 0 spiro atoms. The summed E-state index contributed by atoms with van der Waals surface area (Å²) in [5.74, 6) is 0.107. The molecule has 2 aromatic rings. The third-order valence-electron chi connectivity index (χ3n) is 5.11. The lowest BCUT2D eigenvalue weighted by atomic mass is 9.98. The van der Waals surface area contributed by atoms with E-state index in [1.807, 2.05) is 26.0 Å². The summed E-state index contributed by atoms with van der Waals surface area (Å²) in [5.41, 5.74) is 4.50. The van der Waals surface area contributed by atoms with Crippen LogP contribution < -0.4 is 0 Å². The molecule has 1 saturated heterocycles. The Balaban J connectivity index is 1.75. The van der Waals surface area contributed by atoms with Gasteiger partial charge in [0.2, 0.25) is 0 Å². The number of nitrogens with zero attached hydrogens (tertiary/aromatic N) is 3. The second-order valence-corrected chi connectivity index (χ2v) is 9.62. The Bertz CT molecular complexity index is 939. The lowest BCUT2D eigenvalue weighted by Crippen LogP contribution is -2.41. The molecular formula is C20H25N3O3S. The molecular weight excluding hydrogens is 362 g/mol. The highest BCUT2D eigenvalue weighted by Gasteiger charge is 2.26. The summed E-state index contributed by atoms with van der Waals surface area (Å²) in [6.45, 7) is 5.17. The molecule has 7 heteroatoms. The molecule has 144 valence electrons. The van der Waals surface area contributed by atoms with Crippen molar-refractivity contribution in [2.24, 2.45) is 5.92 Å². The van der Waals surface area contributed by atoms with E-state index < -0.39 is 9.84 Å². The van der Waals surface area contributed by atoms with Crippen LogP contribution in [0.3, 0.4) is 0 Å². The Morgan fingerprint density at radius 3 is 2.59 bits per heavy atom. The Kier molecular flexibility index (Phi) is 5.60. The summed E-state index contributed by atoms with van der Waals surface area (Å²) in [6, 6.07) is 7.39. The minimum atomic E-state index is -3.03. The number of aryl methyl sites for hydroxylation is 1. The van der Waals surface area contributed by atoms with Gasteiger partial charge in [-0.25, -0.2) is 8.42 Å². The van der Waals surface area contributed by atoms with E-state index in [1.165, 1.54) is 6.26 Å². The van der Waals surface area contributed by atoms with Gasteiger partial charge in [-0.1, -0.05) is 12.1 Å². The van der Waals surface area contributed by atoms with Gasteiger partial charge in [-0.05, 0) is 55.9 Å². The maximum Gasteiger partial charge on any atom is 0.253 e. The van der Waals surface area contributed by atoms with Crippen molar-refractivity contribution < 1.29 is 13.2 Å². The van der Waals surface area contributed by atoms with Crippen molar-refractivity contribution in [1.29, 1.82) is 0 Å². The predicted molar refractivity (Wildman–Crippen MR) is 105 cm³/mol. The monoisotopic (exact) mass is 387 g/mol. The summed E-state index contributed by atoms with van der Waals surface area (Å²) in [5, 5.41) is 8.23. The minimum absolute atomic E-state index is 0.0159. The second-order valence-electron chi connectivity index (χ2n) is 7.43. The molecule has 0 bridgehead atoms. The molecule has 2 heterocycles.